The van der Waals surface area contributed by atoms with E-state index in [1.165, 1.54) is 25.3 Å². The average Bonchev–Trinajstić information content (AvgIpc) is 3.06. The van der Waals surface area contributed by atoms with Gasteiger partial charge in [0.1, 0.15) is 28.7 Å². The van der Waals surface area contributed by atoms with Crippen LogP contribution in [0.1, 0.15) is 44.7 Å². The minimum absolute atomic E-state index is 0.317. The standard InChI is InChI=1S/C22H26FN3O/c1-3-16-11-7-14-19-25-21(20-17(23)12-8-13-18(20)27-2)22(26(16)19)24-15-9-5-4-6-10-15/h7-8,11-15,24H,3-6,9-10H2,1-2H3. The van der Waals surface area contributed by atoms with Crippen molar-refractivity contribution >= 4 is 11.5 Å². The average molecular weight is 367 g/mol. The Morgan fingerprint density at radius 3 is 2.67 bits per heavy atom. The molecule has 2 heterocycles. The minimum Gasteiger partial charge on any atom is -0.496 e. The molecule has 0 spiro atoms. The van der Waals surface area contributed by atoms with Gasteiger partial charge in [-0.25, -0.2) is 9.37 Å². The van der Waals surface area contributed by atoms with E-state index in [1.807, 2.05) is 12.1 Å². The second kappa shape index (κ2) is 7.59. The van der Waals surface area contributed by atoms with Gasteiger partial charge in [-0.2, -0.15) is 0 Å². The Hall–Kier alpha value is -2.56. The molecule has 1 aromatic carbocycles. The van der Waals surface area contributed by atoms with Gasteiger partial charge in [0.15, 0.2) is 0 Å². The molecular formula is C22H26FN3O. The van der Waals surface area contributed by atoms with E-state index in [0.29, 0.717) is 23.0 Å². The van der Waals surface area contributed by atoms with Gasteiger partial charge in [-0.15, -0.1) is 0 Å². The van der Waals surface area contributed by atoms with Crippen LogP contribution >= 0.6 is 0 Å². The molecular weight excluding hydrogens is 341 g/mol. The summed E-state index contributed by atoms with van der Waals surface area (Å²) in [6.45, 7) is 2.13. The van der Waals surface area contributed by atoms with Crippen LogP contribution < -0.4 is 10.1 Å². The zero-order valence-corrected chi connectivity index (χ0v) is 16.0. The number of aryl methyl sites for hydroxylation is 1. The summed E-state index contributed by atoms with van der Waals surface area (Å²) in [5, 5.41) is 3.70. The number of benzene rings is 1. The largest absolute Gasteiger partial charge is 0.496 e. The van der Waals surface area contributed by atoms with Gasteiger partial charge in [0, 0.05) is 11.7 Å². The van der Waals surface area contributed by atoms with Crippen LogP contribution in [-0.4, -0.2) is 22.5 Å². The summed E-state index contributed by atoms with van der Waals surface area (Å²) in [7, 11) is 1.57. The van der Waals surface area contributed by atoms with E-state index in [1.54, 1.807) is 19.2 Å². The second-order valence-electron chi connectivity index (χ2n) is 7.17. The highest BCUT2D eigenvalue weighted by molar-refractivity contribution is 5.81. The summed E-state index contributed by atoms with van der Waals surface area (Å²) in [5.74, 6) is 1.06. The van der Waals surface area contributed by atoms with Gasteiger partial charge >= 0.3 is 0 Å². The van der Waals surface area contributed by atoms with Gasteiger partial charge in [-0.05, 0) is 43.5 Å². The van der Waals surface area contributed by atoms with Gasteiger partial charge in [0.2, 0.25) is 0 Å². The number of halogens is 1. The lowest BCUT2D eigenvalue weighted by molar-refractivity contribution is 0.413. The first kappa shape index (κ1) is 17.8. The van der Waals surface area contributed by atoms with Gasteiger partial charge < -0.3 is 10.1 Å². The van der Waals surface area contributed by atoms with E-state index in [0.717, 1.165) is 36.4 Å². The Balaban J connectivity index is 1.93. The summed E-state index contributed by atoms with van der Waals surface area (Å²) in [6.07, 6.45) is 6.89. The number of imidazole rings is 1. The van der Waals surface area contributed by atoms with E-state index in [2.05, 4.69) is 22.7 Å². The Labute approximate surface area is 159 Å². The SMILES string of the molecule is CCc1cccc2nc(-c3c(F)cccc3OC)c(NC3CCCCC3)n12. The molecule has 3 aromatic rings. The molecule has 0 bridgehead atoms. The molecule has 4 rings (SSSR count). The normalized spacial score (nSPS) is 15.2. The fourth-order valence-corrected chi connectivity index (χ4v) is 4.09. The van der Waals surface area contributed by atoms with Crippen LogP contribution in [0.5, 0.6) is 5.75 Å². The number of fused-ring (bicyclic) bond motifs is 1. The van der Waals surface area contributed by atoms with Gasteiger partial charge in [-0.1, -0.05) is 38.3 Å². The molecule has 2 aromatic heterocycles. The number of rotatable bonds is 5. The summed E-state index contributed by atoms with van der Waals surface area (Å²) in [5.41, 5.74) is 3.02. The van der Waals surface area contributed by atoms with Gasteiger partial charge in [-0.3, -0.25) is 4.40 Å². The van der Waals surface area contributed by atoms with E-state index in [-0.39, 0.29) is 5.82 Å². The van der Waals surface area contributed by atoms with Crippen molar-refractivity contribution in [3.63, 3.8) is 0 Å². The maximum absolute atomic E-state index is 14.8. The van der Waals surface area contributed by atoms with Crippen LogP contribution in [0.15, 0.2) is 36.4 Å². The summed E-state index contributed by atoms with van der Waals surface area (Å²) in [6, 6.07) is 11.4. The predicted octanol–water partition coefficient (Wildman–Crippen LogP) is 5.46. The highest BCUT2D eigenvalue weighted by Gasteiger charge is 2.24. The molecule has 1 N–H and O–H groups in total. The maximum atomic E-state index is 14.8. The number of pyridine rings is 1. The zero-order chi connectivity index (χ0) is 18.8. The van der Waals surface area contributed by atoms with Crippen molar-refractivity contribution in [1.82, 2.24) is 9.38 Å². The third-order valence-electron chi connectivity index (χ3n) is 5.46. The smallest absolute Gasteiger partial charge is 0.139 e. The monoisotopic (exact) mass is 367 g/mol. The van der Waals surface area contributed by atoms with Crippen LogP contribution in [0.25, 0.3) is 16.9 Å². The number of nitrogens with zero attached hydrogens (tertiary/aromatic N) is 2. The first-order valence-electron chi connectivity index (χ1n) is 9.82. The lowest BCUT2D eigenvalue weighted by Gasteiger charge is -2.24. The molecule has 1 saturated carbocycles. The third-order valence-corrected chi connectivity index (χ3v) is 5.46. The Morgan fingerprint density at radius 1 is 1.15 bits per heavy atom. The van der Waals surface area contributed by atoms with Crippen LogP contribution in [0.2, 0.25) is 0 Å². The van der Waals surface area contributed by atoms with E-state index in [9.17, 15) is 4.39 Å². The van der Waals surface area contributed by atoms with Crippen LogP contribution in [-0.2, 0) is 6.42 Å². The van der Waals surface area contributed by atoms with Crippen LogP contribution in [0.3, 0.4) is 0 Å². The Kier molecular flexibility index (Phi) is 5.01. The van der Waals surface area contributed by atoms with Crippen LogP contribution in [0, 0.1) is 5.82 Å². The second-order valence-corrected chi connectivity index (χ2v) is 7.17. The predicted molar refractivity (Wildman–Crippen MR) is 107 cm³/mol. The molecule has 4 nitrogen and oxygen atoms in total. The first-order valence-corrected chi connectivity index (χ1v) is 9.82. The van der Waals surface area contributed by atoms with E-state index < -0.39 is 0 Å². The highest BCUT2D eigenvalue weighted by atomic mass is 19.1. The summed E-state index contributed by atoms with van der Waals surface area (Å²) < 4.78 is 22.4. The number of hydrogen-bond donors (Lipinski definition) is 1. The van der Waals surface area contributed by atoms with Crippen molar-refractivity contribution < 1.29 is 9.13 Å². The number of ether oxygens (including phenoxy) is 1. The third kappa shape index (κ3) is 3.27. The first-order chi connectivity index (χ1) is 13.2. The zero-order valence-electron chi connectivity index (χ0n) is 16.0. The van der Waals surface area contributed by atoms with Gasteiger partial charge in [0.05, 0.1) is 12.7 Å². The Bertz CT molecular complexity index is 944. The molecule has 0 aliphatic heterocycles. The molecule has 142 valence electrons. The molecule has 1 aliphatic rings. The fourth-order valence-electron chi connectivity index (χ4n) is 4.09. The lowest BCUT2D eigenvalue weighted by atomic mass is 9.95. The minimum atomic E-state index is -0.317. The molecule has 5 heteroatoms. The van der Waals surface area contributed by atoms with Crippen molar-refractivity contribution in [2.45, 2.75) is 51.5 Å². The molecule has 0 unspecified atom stereocenters. The molecule has 1 fully saturated rings. The van der Waals surface area contributed by atoms with Crippen molar-refractivity contribution in [2.24, 2.45) is 0 Å². The number of hydrogen-bond acceptors (Lipinski definition) is 3. The van der Waals surface area contributed by atoms with Crippen molar-refractivity contribution in [3.05, 3.63) is 47.9 Å². The summed E-state index contributed by atoms with van der Waals surface area (Å²) >= 11 is 0. The van der Waals surface area contributed by atoms with E-state index in [4.69, 9.17) is 9.72 Å². The van der Waals surface area contributed by atoms with Crippen molar-refractivity contribution in [2.75, 3.05) is 12.4 Å². The number of anilines is 1. The fraction of sp³-hybridized carbons (Fsp3) is 0.409. The molecule has 27 heavy (non-hydrogen) atoms. The highest BCUT2D eigenvalue weighted by Crippen LogP contribution is 2.38. The van der Waals surface area contributed by atoms with Gasteiger partial charge in [0.25, 0.3) is 0 Å². The number of nitrogens with one attached hydrogen (secondary N) is 1. The maximum Gasteiger partial charge on any atom is 0.139 e. The quantitative estimate of drug-likeness (QED) is 0.651. The number of methoxy groups -OCH3 is 1. The van der Waals surface area contributed by atoms with E-state index >= 15 is 0 Å². The Morgan fingerprint density at radius 2 is 1.93 bits per heavy atom. The molecule has 1 aliphatic carbocycles. The molecule has 0 radical (unpaired) electrons. The van der Waals surface area contributed by atoms with Crippen molar-refractivity contribution in [3.8, 4) is 17.0 Å². The van der Waals surface area contributed by atoms with Crippen LogP contribution in [0.4, 0.5) is 10.2 Å². The molecule has 0 saturated heterocycles. The van der Waals surface area contributed by atoms with Crippen molar-refractivity contribution in [1.29, 1.82) is 0 Å². The summed E-state index contributed by atoms with van der Waals surface area (Å²) in [4.78, 5) is 4.81. The molecule has 0 amide bonds. The lowest BCUT2D eigenvalue weighted by Crippen LogP contribution is -2.23. The topological polar surface area (TPSA) is 38.6 Å². The number of aromatic nitrogens is 2. The molecule has 0 atom stereocenters.